The lowest BCUT2D eigenvalue weighted by Crippen LogP contribution is -2.45. The van der Waals surface area contributed by atoms with E-state index < -0.39 is 22.0 Å². The van der Waals surface area contributed by atoms with E-state index >= 15 is 0 Å². The number of benzene rings is 1. The average molecular weight is 422 g/mol. The Hall–Kier alpha value is -2.42. The van der Waals surface area contributed by atoms with Crippen molar-refractivity contribution in [3.05, 3.63) is 29.8 Å². The quantitative estimate of drug-likeness (QED) is 0.701. The maximum atomic E-state index is 12.2. The Morgan fingerprint density at radius 1 is 1.28 bits per heavy atom. The summed E-state index contributed by atoms with van der Waals surface area (Å²) in [6, 6.07) is 5.53. The van der Waals surface area contributed by atoms with E-state index in [0.717, 1.165) is 19.3 Å². The monoisotopic (exact) mass is 421 g/mol. The first-order chi connectivity index (χ1) is 13.7. The molecule has 2 N–H and O–H groups in total. The molecule has 1 amide bonds. The van der Waals surface area contributed by atoms with Crippen molar-refractivity contribution in [1.29, 1.82) is 0 Å². The van der Waals surface area contributed by atoms with E-state index in [9.17, 15) is 18.0 Å². The minimum Gasteiger partial charge on any atom is -0.454 e. The average Bonchev–Trinajstić information content (AvgIpc) is 2.94. The molecule has 1 aliphatic heterocycles. The molecule has 0 aromatic heterocycles. The zero-order chi connectivity index (χ0) is 21.2. The molecule has 29 heavy (non-hydrogen) atoms. The van der Waals surface area contributed by atoms with Gasteiger partial charge in [0.25, 0.3) is 15.9 Å². The van der Waals surface area contributed by atoms with Crippen molar-refractivity contribution in [2.45, 2.75) is 57.0 Å². The molecule has 1 aromatic rings. The topological polar surface area (TPSA) is 114 Å². The van der Waals surface area contributed by atoms with Gasteiger partial charge in [0.05, 0.1) is 4.90 Å². The molecule has 158 valence electrons. The maximum Gasteiger partial charge on any atom is 0.331 e. The van der Waals surface area contributed by atoms with Gasteiger partial charge in [0, 0.05) is 11.6 Å². The van der Waals surface area contributed by atoms with Crippen LogP contribution in [-0.2, 0) is 24.3 Å². The van der Waals surface area contributed by atoms with Gasteiger partial charge in [0.1, 0.15) is 11.9 Å². The van der Waals surface area contributed by atoms with Crippen LogP contribution in [-0.4, -0.2) is 44.8 Å². The number of esters is 1. The van der Waals surface area contributed by atoms with Gasteiger partial charge in [-0.1, -0.05) is 38.8 Å². The second-order valence-corrected chi connectivity index (χ2v) is 9.46. The summed E-state index contributed by atoms with van der Waals surface area (Å²) in [7, 11) is -3.68. The van der Waals surface area contributed by atoms with Crippen LogP contribution in [0, 0.1) is 11.8 Å². The van der Waals surface area contributed by atoms with Gasteiger partial charge >= 0.3 is 5.97 Å². The van der Waals surface area contributed by atoms with Gasteiger partial charge in [-0.2, -0.15) is 0 Å². The molecule has 0 saturated heterocycles. The third-order valence-corrected chi connectivity index (χ3v) is 7.12. The van der Waals surface area contributed by atoms with Crippen molar-refractivity contribution in [2.24, 2.45) is 16.8 Å². The minimum atomic E-state index is -3.68. The zero-order valence-corrected chi connectivity index (χ0v) is 17.7. The smallest absolute Gasteiger partial charge is 0.331 e. The van der Waals surface area contributed by atoms with Gasteiger partial charge in [-0.25, -0.2) is 13.2 Å². The highest BCUT2D eigenvalue weighted by molar-refractivity contribution is 7.90. The van der Waals surface area contributed by atoms with Crippen LogP contribution in [0.15, 0.2) is 34.2 Å². The maximum absolute atomic E-state index is 12.2. The van der Waals surface area contributed by atoms with Crippen LogP contribution < -0.4 is 10.0 Å². The number of nitrogens with one attached hydrogen (secondary N) is 2. The van der Waals surface area contributed by atoms with Gasteiger partial charge in [0.2, 0.25) is 0 Å². The molecule has 2 aliphatic rings. The summed E-state index contributed by atoms with van der Waals surface area (Å²) < 4.78 is 31.6. The number of rotatable bonds is 5. The highest BCUT2D eigenvalue weighted by Gasteiger charge is 2.32. The molecule has 8 nitrogen and oxygen atoms in total. The molecule has 3 rings (SSSR count). The van der Waals surface area contributed by atoms with Gasteiger partial charge in [-0.05, 0) is 37.3 Å². The summed E-state index contributed by atoms with van der Waals surface area (Å²) >= 11 is 0. The van der Waals surface area contributed by atoms with E-state index in [-0.39, 0.29) is 29.3 Å². The number of amidine groups is 1. The second-order valence-electron chi connectivity index (χ2n) is 7.80. The molecule has 0 spiro atoms. The zero-order valence-electron chi connectivity index (χ0n) is 16.8. The molecule has 1 saturated carbocycles. The molecule has 9 heteroatoms. The molecule has 1 aliphatic carbocycles. The predicted octanol–water partition coefficient (Wildman–Crippen LogP) is 1.60. The normalized spacial score (nSPS) is 27.6. The summed E-state index contributed by atoms with van der Waals surface area (Å²) in [6.07, 6.45) is 3.16. The van der Waals surface area contributed by atoms with E-state index in [1.807, 2.05) is 0 Å². The van der Waals surface area contributed by atoms with Crippen molar-refractivity contribution in [1.82, 2.24) is 10.0 Å². The molecule has 0 bridgehead atoms. The Kier molecular flexibility index (Phi) is 6.26. The highest BCUT2D eigenvalue weighted by Crippen LogP contribution is 2.29. The Balaban J connectivity index is 1.56. The number of hydrogen-bond acceptors (Lipinski definition) is 6. The molecule has 1 aromatic carbocycles. The van der Waals surface area contributed by atoms with Gasteiger partial charge in [-0.15, -0.1) is 0 Å². The summed E-state index contributed by atoms with van der Waals surface area (Å²) in [5.41, 5.74) is 0.408. The third kappa shape index (κ3) is 4.77. The predicted molar refractivity (Wildman–Crippen MR) is 108 cm³/mol. The standard InChI is InChI=1S/C20H27N3O5S/c1-12-7-6-9-16(13(12)2)22-18(24)11-28-20(25)14(3)21-19-15-8-4-5-10-17(15)29(26,27)23-19/h4-5,8,10,12-14,16H,6-7,9,11H2,1-3H3,(H,21,23)(H,22,24)/t12-,13+,14-,16+/m0/s1. The van der Waals surface area contributed by atoms with Gasteiger partial charge in [-0.3, -0.25) is 14.5 Å². The molecule has 1 heterocycles. The fraction of sp³-hybridized carbons (Fsp3) is 0.550. The van der Waals surface area contributed by atoms with Crippen LogP contribution >= 0.6 is 0 Å². The van der Waals surface area contributed by atoms with Crippen LogP contribution in [0.3, 0.4) is 0 Å². The summed E-state index contributed by atoms with van der Waals surface area (Å²) in [6.45, 7) is 5.42. The lowest BCUT2D eigenvalue weighted by atomic mass is 9.78. The van der Waals surface area contributed by atoms with Crippen LogP contribution in [0.4, 0.5) is 0 Å². The van der Waals surface area contributed by atoms with Crippen molar-refractivity contribution in [3.8, 4) is 0 Å². The first kappa shape index (κ1) is 21.3. The van der Waals surface area contributed by atoms with Crippen LogP contribution in [0.1, 0.15) is 45.6 Å². The molecule has 4 atom stereocenters. The Morgan fingerprint density at radius 2 is 2.00 bits per heavy atom. The largest absolute Gasteiger partial charge is 0.454 e. The Labute approximate surface area is 171 Å². The van der Waals surface area contributed by atoms with Crippen LogP contribution in [0.25, 0.3) is 0 Å². The lowest BCUT2D eigenvalue weighted by molar-refractivity contribution is -0.149. The van der Waals surface area contributed by atoms with E-state index in [1.165, 1.54) is 13.0 Å². The van der Waals surface area contributed by atoms with Crippen molar-refractivity contribution in [2.75, 3.05) is 6.61 Å². The number of ether oxygens (including phenoxy) is 1. The van der Waals surface area contributed by atoms with Crippen molar-refractivity contribution >= 4 is 27.7 Å². The fourth-order valence-corrected chi connectivity index (χ4v) is 5.01. The van der Waals surface area contributed by atoms with Crippen molar-refractivity contribution < 1.29 is 22.7 Å². The second kappa shape index (κ2) is 8.52. The SMILES string of the molecule is C[C@@H]1[C@@H](C)CCC[C@H]1NC(=O)COC(=O)[C@H](C)N=C1NS(=O)(=O)c2ccccc21. The fourth-order valence-electron chi connectivity index (χ4n) is 3.77. The van der Waals surface area contributed by atoms with E-state index in [2.05, 4.69) is 28.9 Å². The van der Waals surface area contributed by atoms with Gasteiger partial charge < -0.3 is 10.1 Å². The number of nitrogens with zero attached hydrogens (tertiary/aromatic N) is 1. The number of amides is 1. The minimum absolute atomic E-state index is 0.0898. The molecule has 1 fully saturated rings. The third-order valence-electron chi connectivity index (χ3n) is 5.73. The number of hydrogen-bond donors (Lipinski definition) is 2. The first-order valence-corrected chi connectivity index (χ1v) is 11.3. The molecule has 0 unspecified atom stereocenters. The Bertz CT molecular complexity index is 928. The van der Waals surface area contributed by atoms with Crippen LogP contribution in [0.2, 0.25) is 0 Å². The summed E-state index contributed by atoms with van der Waals surface area (Å²) in [5, 5.41) is 2.95. The summed E-state index contributed by atoms with van der Waals surface area (Å²) in [5.74, 6) is -0.00780. The van der Waals surface area contributed by atoms with Crippen LogP contribution in [0.5, 0.6) is 0 Å². The number of carbonyl (C=O) groups excluding carboxylic acids is 2. The van der Waals surface area contributed by atoms with Crippen molar-refractivity contribution in [3.63, 3.8) is 0 Å². The number of carbonyl (C=O) groups is 2. The molecule has 0 radical (unpaired) electrons. The summed E-state index contributed by atoms with van der Waals surface area (Å²) in [4.78, 5) is 28.7. The lowest BCUT2D eigenvalue weighted by Gasteiger charge is -2.34. The number of aliphatic imine (C=N–C) groups is 1. The highest BCUT2D eigenvalue weighted by atomic mass is 32.2. The number of sulfonamides is 1. The van der Waals surface area contributed by atoms with Gasteiger partial charge in [0.15, 0.2) is 6.61 Å². The Morgan fingerprint density at radius 3 is 2.76 bits per heavy atom. The van der Waals surface area contributed by atoms with E-state index in [0.29, 0.717) is 17.4 Å². The first-order valence-electron chi connectivity index (χ1n) is 9.85. The number of fused-ring (bicyclic) bond motifs is 1. The van der Waals surface area contributed by atoms with E-state index in [1.54, 1.807) is 18.2 Å². The molecular weight excluding hydrogens is 394 g/mol. The van der Waals surface area contributed by atoms with E-state index in [4.69, 9.17) is 4.74 Å². The molecular formula is C20H27N3O5S.